The van der Waals surface area contributed by atoms with Crippen molar-refractivity contribution in [1.82, 2.24) is 4.98 Å². The van der Waals surface area contributed by atoms with Crippen molar-refractivity contribution in [3.8, 4) is 0 Å². The van der Waals surface area contributed by atoms with Gasteiger partial charge in [-0.25, -0.2) is 9.37 Å². The van der Waals surface area contributed by atoms with Crippen molar-refractivity contribution in [3.63, 3.8) is 0 Å². The van der Waals surface area contributed by atoms with Gasteiger partial charge in [0.15, 0.2) is 10.7 Å². The maximum absolute atomic E-state index is 13.2. The number of ketones is 1. The average molecular weight is 201 g/mol. The minimum absolute atomic E-state index is 0.266. The third-order valence-corrected chi connectivity index (χ3v) is 2.83. The van der Waals surface area contributed by atoms with E-state index in [2.05, 4.69) is 4.98 Å². The molecular weight excluding hydrogens is 189 g/mol. The zero-order valence-corrected chi connectivity index (χ0v) is 8.96. The zero-order chi connectivity index (χ0) is 10.2. The van der Waals surface area contributed by atoms with Gasteiger partial charge in [0, 0.05) is 4.88 Å². The number of carbonyl (C=O) groups excluding carboxylic acids is 1. The molecule has 13 heavy (non-hydrogen) atoms. The van der Waals surface area contributed by atoms with Gasteiger partial charge in [-0.2, -0.15) is 0 Å². The molecule has 2 nitrogen and oxygen atoms in total. The molecule has 1 rings (SSSR count). The first-order valence-electron chi connectivity index (χ1n) is 4.00. The van der Waals surface area contributed by atoms with Gasteiger partial charge in [0.1, 0.15) is 0 Å². The summed E-state index contributed by atoms with van der Waals surface area (Å²) >= 11 is 1.25. The van der Waals surface area contributed by atoms with Gasteiger partial charge >= 0.3 is 0 Å². The van der Waals surface area contributed by atoms with Crippen LogP contribution in [0.5, 0.6) is 0 Å². The van der Waals surface area contributed by atoms with Crippen LogP contribution >= 0.6 is 11.3 Å². The number of aryl methyl sites for hydroxylation is 2. The van der Waals surface area contributed by atoms with Gasteiger partial charge in [0.25, 0.3) is 0 Å². The molecule has 0 bridgehead atoms. The lowest BCUT2D eigenvalue weighted by atomic mass is 10.1. The van der Waals surface area contributed by atoms with E-state index >= 15 is 0 Å². The van der Waals surface area contributed by atoms with E-state index in [1.807, 2.05) is 13.8 Å². The number of Topliss-reactive ketones (excluding diaryl/α,β-unsaturated/α-hetero) is 1. The Labute approximate surface area is 80.8 Å². The van der Waals surface area contributed by atoms with Crippen LogP contribution in [0, 0.1) is 13.8 Å². The third-order valence-electron chi connectivity index (χ3n) is 1.76. The van der Waals surface area contributed by atoms with Crippen LogP contribution in [0.3, 0.4) is 0 Å². The first kappa shape index (κ1) is 10.3. The lowest BCUT2D eigenvalue weighted by Gasteiger charge is -2.09. The number of aromatic nitrogens is 1. The molecule has 0 N–H and O–H groups in total. The summed E-state index contributed by atoms with van der Waals surface area (Å²) in [6, 6.07) is 0. The van der Waals surface area contributed by atoms with Crippen LogP contribution in [0.1, 0.15) is 34.2 Å². The quantitative estimate of drug-likeness (QED) is 0.688. The number of hydrogen-bond donors (Lipinski definition) is 0. The molecule has 0 aliphatic heterocycles. The molecule has 0 atom stereocenters. The fourth-order valence-corrected chi connectivity index (χ4v) is 1.83. The number of nitrogens with zero attached hydrogens (tertiary/aromatic N) is 1. The first-order chi connectivity index (χ1) is 5.82. The van der Waals surface area contributed by atoms with Crippen molar-refractivity contribution in [2.75, 3.05) is 0 Å². The molecule has 4 heteroatoms. The summed E-state index contributed by atoms with van der Waals surface area (Å²) in [6.07, 6.45) is 0. The topological polar surface area (TPSA) is 30.0 Å². The molecule has 0 aliphatic rings. The molecule has 0 radical (unpaired) electrons. The van der Waals surface area contributed by atoms with Crippen molar-refractivity contribution in [2.45, 2.75) is 33.4 Å². The Kier molecular flexibility index (Phi) is 2.52. The molecule has 0 aromatic carbocycles. The minimum Gasteiger partial charge on any atom is -0.288 e. The molecule has 0 saturated heterocycles. The highest BCUT2D eigenvalue weighted by atomic mass is 32.1. The number of alkyl halides is 1. The molecule has 1 aromatic rings. The van der Waals surface area contributed by atoms with Crippen molar-refractivity contribution in [1.29, 1.82) is 0 Å². The Morgan fingerprint density at radius 1 is 1.46 bits per heavy atom. The van der Waals surface area contributed by atoms with Crippen molar-refractivity contribution < 1.29 is 9.18 Å². The fourth-order valence-electron chi connectivity index (χ4n) is 0.824. The Hall–Kier alpha value is -0.770. The first-order valence-corrected chi connectivity index (χ1v) is 4.82. The summed E-state index contributed by atoms with van der Waals surface area (Å²) in [6.45, 7) is 6.19. The largest absolute Gasteiger partial charge is 0.288 e. The maximum atomic E-state index is 13.2. The van der Waals surface area contributed by atoms with Gasteiger partial charge in [-0.1, -0.05) is 0 Å². The second-order valence-electron chi connectivity index (χ2n) is 3.46. The maximum Gasteiger partial charge on any atom is 0.227 e. The third kappa shape index (κ3) is 2.12. The predicted octanol–water partition coefficient (Wildman–Crippen LogP) is 2.69. The van der Waals surface area contributed by atoms with Crippen LogP contribution in [-0.2, 0) is 0 Å². The number of halogens is 1. The monoisotopic (exact) mass is 201 g/mol. The Morgan fingerprint density at radius 3 is 2.31 bits per heavy atom. The van der Waals surface area contributed by atoms with E-state index in [1.165, 1.54) is 25.2 Å². The van der Waals surface area contributed by atoms with Gasteiger partial charge < -0.3 is 0 Å². The van der Waals surface area contributed by atoms with Crippen LogP contribution in [-0.4, -0.2) is 16.4 Å². The molecule has 0 unspecified atom stereocenters. The second-order valence-corrected chi connectivity index (χ2v) is 4.67. The molecule has 0 saturated carbocycles. The summed E-state index contributed by atoms with van der Waals surface area (Å²) in [5.41, 5.74) is -1.02. The lowest BCUT2D eigenvalue weighted by molar-refractivity contribution is 0.0759. The van der Waals surface area contributed by atoms with E-state index in [1.54, 1.807) is 0 Å². The molecule has 0 amide bonds. The van der Waals surface area contributed by atoms with Crippen molar-refractivity contribution in [3.05, 3.63) is 15.6 Å². The standard InChI is InChI=1S/C9H12FNOS/c1-5-6(2)13-8(11-5)7(12)9(3,4)10/h1-4H3. The summed E-state index contributed by atoms with van der Waals surface area (Å²) in [7, 11) is 0. The van der Waals surface area contributed by atoms with Crippen LogP contribution < -0.4 is 0 Å². The Morgan fingerprint density at radius 2 is 2.00 bits per heavy atom. The SMILES string of the molecule is Cc1nc(C(=O)C(C)(C)F)sc1C. The molecule has 0 spiro atoms. The minimum atomic E-state index is -1.82. The fraction of sp³-hybridized carbons (Fsp3) is 0.556. The zero-order valence-electron chi connectivity index (χ0n) is 8.14. The van der Waals surface area contributed by atoms with Crippen LogP contribution in [0.2, 0.25) is 0 Å². The number of carbonyl (C=O) groups is 1. The molecule has 1 heterocycles. The summed E-state index contributed by atoms with van der Waals surface area (Å²) in [5, 5.41) is 0.266. The van der Waals surface area contributed by atoms with Crippen LogP contribution in [0.25, 0.3) is 0 Å². The highest BCUT2D eigenvalue weighted by Gasteiger charge is 2.30. The molecule has 0 aliphatic carbocycles. The second kappa shape index (κ2) is 3.18. The van der Waals surface area contributed by atoms with E-state index in [4.69, 9.17) is 0 Å². The summed E-state index contributed by atoms with van der Waals surface area (Å²) in [4.78, 5) is 16.4. The number of hydrogen-bond acceptors (Lipinski definition) is 3. The normalized spacial score (nSPS) is 11.8. The van der Waals surface area contributed by atoms with Crippen molar-refractivity contribution >= 4 is 17.1 Å². The highest BCUT2D eigenvalue weighted by molar-refractivity contribution is 7.13. The van der Waals surface area contributed by atoms with Gasteiger partial charge in [-0.3, -0.25) is 4.79 Å². The van der Waals surface area contributed by atoms with Crippen LogP contribution in [0.15, 0.2) is 0 Å². The smallest absolute Gasteiger partial charge is 0.227 e. The number of rotatable bonds is 2. The Balaban J connectivity index is 3.03. The van der Waals surface area contributed by atoms with E-state index < -0.39 is 11.5 Å². The van der Waals surface area contributed by atoms with Gasteiger partial charge in [-0.15, -0.1) is 11.3 Å². The van der Waals surface area contributed by atoms with E-state index in [0.717, 1.165) is 10.6 Å². The van der Waals surface area contributed by atoms with E-state index in [-0.39, 0.29) is 5.01 Å². The van der Waals surface area contributed by atoms with Gasteiger partial charge in [0.2, 0.25) is 5.78 Å². The summed E-state index contributed by atoms with van der Waals surface area (Å²) in [5.74, 6) is -0.534. The van der Waals surface area contributed by atoms with Gasteiger partial charge in [-0.05, 0) is 27.7 Å². The Bertz CT molecular complexity index is 318. The molecule has 72 valence electrons. The molecule has 0 fully saturated rings. The van der Waals surface area contributed by atoms with E-state index in [0.29, 0.717) is 0 Å². The van der Waals surface area contributed by atoms with E-state index in [9.17, 15) is 9.18 Å². The van der Waals surface area contributed by atoms with Crippen LogP contribution in [0.4, 0.5) is 4.39 Å². The van der Waals surface area contributed by atoms with Gasteiger partial charge in [0.05, 0.1) is 5.69 Å². The van der Waals surface area contributed by atoms with Crippen molar-refractivity contribution in [2.24, 2.45) is 0 Å². The molecule has 1 aromatic heterocycles. The average Bonchev–Trinajstić information content (AvgIpc) is 2.29. The molecular formula is C9H12FNOS. The lowest BCUT2D eigenvalue weighted by Crippen LogP contribution is -2.25. The highest BCUT2D eigenvalue weighted by Crippen LogP contribution is 2.22. The predicted molar refractivity (Wildman–Crippen MR) is 51.1 cm³/mol. The number of thiazole rings is 1. The summed E-state index contributed by atoms with van der Waals surface area (Å²) < 4.78 is 13.2.